The number of hydrogen-bond donors (Lipinski definition) is 0. The van der Waals surface area contributed by atoms with E-state index in [2.05, 4.69) is 49.5 Å². The first-order chi connectivity index (χ1) is 6.20. The van der Waals surface area contributed by atoms with Crippen LogP contribution in [0.1, 0.15) is 13.8 Å². The minimum absolute atomic E-state index is 0.746. The summed E-state index contributed by atoms with van der Waals surface area (Å²) in [7, 11) is 2.11. The zero-order chi connectivity index (χ0) is 9.68. The van der Waals surface area contributed by atoms with Gasteiger partial charge >= 0.3 is 0 Å². The van der Waals surface area contributed by atoms with Crippen LogP contribution in [0.15, 0.2) is 30.3 Å². The predicted molar refractivity (Wildman–Crippen MR) is 62.1 cm³/mol. The Kier molecular flexibility index (Phi) is 4.16. The molecule has 72 valence electrons. The SMILES string of the molecule is CC(C)CSN(C)c1ccccc1. The van der Waals surface area contributed by atoms with Crippen molar-refractivity contribution in [3.05, 3.63) is 30.3 Å². The van der Waals surface area contributed by atoms with E-state index in [1.165, 1.54) is 11.4 Å². The van der Waals surface area contributed by atoms with Crippen LogP contribution in [0.2, 0.25) is 0 Å². The third kappa shape index (κ3) is 3.73. The lowest BCUT2D eigenvalue weighted by Gasteiger charge is -2.18. The number of nitrogens with zero attached hydrogens (tertiary/aromatic N) is 1. The van der Waals surface area contributed by atoms with Crippen LogP contribution in [-0.4, -0.2) is 12.8 Å². The molecule has 1 aromatic rings. The van der Waals surface area contributed by atoms with Gasteiger partial charge in [0.2, 0.25) is 0 Å². The molecule has 0 heterocycles. The second kappa shape index (κ2) is 5.18. The van der Waals surface area contributed by atoms with Crippen molar-refractivity contribution in [2.75, 3.05) is 17.1 Å². The number of hydrogen-bond acceptors (Lipinski definition) is 2. The summed E-state index contributed by atoms with van der Waals surface area (Å²) in [6.45, 7) is 4.48. The first-order valence-corrected chi connectivity index (χ1v) is 5.56. The summed E-state index contributed by atoms with van der Waals surface area (Å²) in [5.74, 6) is 1.92. The molecule has 0 fully saturated rings. The van der Waals surface area contributed by atoms with Gasteiger partial charge in [-0.15, -0.1) is 0 Å². The molecule has 1 nitrogen and oxygen atoms in total. The molecule has 0 bridgehead atoms. The standard InChI is InChI=1S/C11H17NS/c1-10(2)9-13-12(3)11-7-5-4-6-8-11/h4-8,10H,9H2,1-3H3. The lowest BCUT2D eigenvalue weighted by atomic mass is 10.3. The van der Waals surface area contributed by atoms with Gasteiger partial charge in [-0.05, 0) is 30.0 Å². The minimum atomic E-state index is 0.746. The van der Waals surface area contributed by atoms with Crippen LogP contribution in [0.4, 0.5) is 5.69 Å². The first kappa shape index (κ1) is 10.5. The van der Waals surface area contributed by atoms with Crippen LogP contribution < -0.4 is 4.31 Å². The molecule has 13 heavy (non-hydrogen) atoms. The molecule has 0 unspecified atom stereocenters. The van der Waals surface area contributed by atoms with Gasteiger partial charge in [-0.25, -0.2) is 0 Å². The molecule has 0 saturated heterocycles. The largest absolute Gasteiger partial charge is 0.319 e. The van der Waals surface area contributed by atoms with Crippen LogP contribution in [0, 0.1) is 5.92 Å². The van der Waals surface area contributed by atoms with Gasteiger partial charge in [0, 0.05) is 18.5 Å². The van der Waals surface area contributed by atoms with Gasteiger partial charge in [-0.1, -0.05) is 32.0 Å². The van der Waals surface area contributed by atoms with Crippen molar-refractivity contribution in [1.29, 1.82) is 0 Å². The summed E-state index contributed by atoms with van der Waals surface area (Å²) < 4.78 is 2.22. The zero-order valence-electron chi connectivity index (χ0n) is 8.53. The van der Waals surface area contributed by atoms with E-state index in [0.717, 1.165) is 5.92 Å². The van der Waals surface area contributed by atoms with E-state index < -0.39 is 0 Å². The summed E-state index contributed by atoms with van der Waals surface area (Å²) in [4.78, 5) is 0. The Morgan fingerprint density at radius 1 is 1.23 bits per heavy atom. The highest BCUT2D eigenvalue weighted by Crippen LogP contribution is 2.20. The van der Waals surface area contributed by atoms with E-state index in [-0.39, 0.29) is 0 Å². The summed E-state index contributed by atoms with van der Waals surface area (Å²) in [5, 5.41) is 0. The molecule has 0 amide bonds. The topological polar surface area (TPSA) is 3.24 Å². The number of para-hydroxylation sites is 1. The van der Waals surface area contributed by atoms with Crippen molar-refractivity contribution in [3.8, 4) is 0 Å². The highest BCUT2D eigenvalue weighted by Gasteiger charge is 2.01. The summed E-state index contributed by atoms with van der Waals surface area (Å²) in [5.41, 5.74) is 1.27. The van der Waals surface area contributed by atoms with Crippen LogP contribution in [0.5, 0.6) is 0 Å². The molecule has 0 aliphatic rings. The fourth-order valence-corrected chi connectivity index (χ4v) is 1.77. The minimum Gasteiger partial charge on any atom is -0.319 e. The van der Waals surface area contributed by atoms with Crippen molar-refractivity contribution < 1.29 is 0 Å². The number of anilines is 1. The second-order valence-electron chi connectivity index (χ2n) is 3.52. The van der Waals surface area contributed by atoms with Gasteiger partial charge in [0.05, 0.1) is 0 Å². The highest BCUT2D eigenvalue weighted by molar-refractivity contribution is 8.00. The summed E-state index contributed by atoms with van der Waals surface area (Å²) in [6.07, 6.45) is 0. The average Bonchev–Trinajstić information content (AvgIpc) is 2.15. The van der Waals surface area contributed by atoms with Gasteiger partial charge in [-0.2, -0.15) is 0 Å². The van der Waals surface area contributed by atoms with Crippen LogP contribution in [0.3, 0.4) is 0 Å². The van der Waals surface area contributed by atoms with Gasteiger partial charge in [0.25, 0.3) is 0 Å². The Hall–Kier alpha value is -0.630. The molecule has 1 rings (SSSR count). The lowest BCUT2D eigenvalue weighted by molar-refractivity contribution is 0.750. The van der Waals surface area contributed by atoms with E-state index in [4.69, 9.17) is 0 Å². The molecule has 0 aliphatic heterocycles. The summed E-state index contributed by atoms with van der Waals surface area (Å²) >= 11 is 1.87. The van der Waals surface area contributed by atoms with E-state index in [9.17, 15) is 0 Å². The lowest BCUT2D eigenvalue weighted by Crippen LogP contribution is -2.09. The van der Waals surface area contributed by atoms with E-state index >= 15 is 0 Å². The molecule has 0 aromatic heterocycles. The van der Waals surface area contributed by atoms with E-state index in [1.54, 1.807) is 0 Å². The summed E-state index contributed by atoms with van der Waals surface area (Å²) in [6, 6.07) is 10.5. The van der Waals surface area contributed by atoms with E-state index in [1.807, 2.05) is 18.0 Å². The van der Waals surface area contributed by atoms with Crippen molar-refractivity contribution in [3.63, 3.8) is 0 Å². The zero-order valence-corrected chi connectivity index (χ0v) is 9.34. The average molecular weight is 195 g/mol. The molecule has 0 N–H and O–H groups in total. The van der Waals surface area contributed by atoms with Crippen LogP contribution in [-0.2, 0) is 0 Å². The van der Waals surface area contributed by atoms with Crippen LogP contribution >= 0.6 is 11.9 Å². The quantitative estimate of drug-likeness (QED) is 0.677. The molecule has 0 spiro atoms. The third-order valence-corrected chi connectivity index (χ3v) is 3.14. The van der Waals surface area contributed by atoms with Gasteiger partial charge in [-0.3, -0.25) is 0 Å². The molecule has 0 radical (unpaired) electrons. The second-order valence-corrected chi connectivity index (χ2v) is 4.66. The molecule has 0 atom stereocenters. The van der Waals surface area contributed by atoms with E-state index in [0.29, 0.717) is 0 Å². The monoisotopic (exact) mass is 195 g/mol. The number of benzene rings is 1. The molecule has 0 aliphatic carbocycles. The van der Waals surface area contributed by atoms with Crippen molar-refractivity contribution in [1.82, 2.24) is 0 Å². The van der Waals surface area contributed by atoms with Crippen LogP contribution in [0.25, 0.3) is 0 Å². The molecule has 2 heteroatoms. The number of rotatable bonds is 4. The normalized spacial score (nSPS) is 10.5. The Balaban J connectivity index is 2.44. The Labute approximate surface area is 85.3 Å². The maximum absolute atomic E-state index is 2.24. The van der Waals surface area contributed by atoms with Gasteiger partial charge < -0.3 is 4.31 Å². The smallest absolute Gasteiger partial charge is 0.0466 e. The molecule has 1 aromatic carbocycles. The van der Waals surface area contributed by atoms with Gasteiger partial charge in [0.15, 0.2) is 0 Å². The first-order valence-electron chi connectivity index (χ1n) is 4.62. The fraction of sp³-hybridized carbons (Fsp3) is 0.455. The highest BCUT2D eigenvalue weighted by atomic mass is 32.2. The molecule has 0 saturated carbocycles. The Morgan fingerprint density at radius 2 is 1.85 bits per heavy atom. The van der Waals surface area contributed by atoms with Gasteiger partial charge in [0.1, 0.15) is 0 Å². The maximum Gasteiger partial charge on any atom is 0.0466 e. The third-order valence-electron chi connectivity index (χ3n) is 1.72. The predicted octanol–water partition coefficient (Wildman–Crippen LogP) is 3.43. The van der Waals surface area contributed by atoms with Crippen molar-refractivity contribution in [2.45, 2.75) is 13.8 Å². The Bertz CT molecular complexity index is 233. The maximum atomic E-state index is 2.24. The molecular formula is C11H17NS. The van der Waals surface area contributed by atoms with Crippen molar-refractivity contribution in [2.24, 2.45) is 5.92 Å². The fourth-order valence-electron chi connectivity index (χ4n) is 0.973. The Morgan fingerprint density at radius 3 is 2.38 bits per heavy atom. The van der Waals surface area contributed by atoms with Crippen molar-refractivity contribution >= 4 is 17.6 Å². The molecular weight excluding hydrogens is 178 g/mol.